The molecule has 2 aromatic rings. The number of benzene rings is 2. The maximum Gasteiger partial charge on any atom is 0.435 e. The molecule has 2 heterocycles. The molecule has 234 valence electrons. The maximum atomic E-state index is 14.9. The Kier molecular flexibility index (Phi) is 6.52. The van der Waals surface area contributed by atoms with Crippen molar-refractivity contribution in [1.29, 1.82) is 0 Å². The minimum absolute atomic E-state index is 0.0769. The van der Waals surface area contributed by atoms with Gasteiger partial charge < -0.3 is 9.64 Å². The lowest BCUT2D eigenvalue weighted by Crippen LogP contribution is -2.58. The molecule has 5 nitrogen and oxygen atoms in total. The van der Waals surface area contributed by atoms with Crippen LogP contribution in [0.3, 0.4) is 0 Å². The molecule has 1 amide bonds. The summed E-state index contributed by atoms with van der Waals surface area (Å²) in [4.78, 5) is 14.7. The molecule has 1 spiro atoms. The van der Waals surface area contributed by atoms with E-state index >= 15 is 0 Å². The molecule has 6 rings (SSSR count). The van der Waals surface area contributed by atoms with Gasteiger partial charge in [-0.3, -0.25) is 4.79 Å². The molecular weight excluding hydrogens is 610 g/mol. The van der Waals surface area contributed by atoms with E-state index in [-0.39, 0.29) is 52.8 Å². The highest BCUT2D eigenvalue weighted by Gasteiger charge is 2.74. The van der Waals surface area contributed by atoms with E-state index in [9.17, 15) is 48.3 Å². The Morgan fingerprint density at radius 1 is 0.930 bits per heavy atom. The Morgan fingerprint density at radius 2 is 1.53 bits per heavy atom. The summed E-state index contributed by atoms with van der Waals surface area (Å²) in [7, 11) is -4.58. The predicted octanol–water partition coefficient (Wildman–Crippen LogP) is 6.60. The summed E-state index contributed by atoms with van der Waals surface area (Å²) in [5.74, 6) is -1.51. The van der Waals surface area contributed by atoms with Crippen LogP contribution in [0.25, 0.3) is 0 Å². The summed E-state index contributed by atoms with van der Waals surface area (Å²) in [5.41, 5.74) is -7.77. The largest absolute Gasteiger partial charge is 0.491 e. The van der Waals surface area contributed by atoms with Crippen LogP contribution in [0.5, 0.6) is 5.75 Å². The molecule has 2 aromatic carbocycles. The van der Waals surface area contributed by atoms with E-state index in [4.69, 9.17) is 4.74 Å². The number of nitrogens with zero attached hydrogens (tertiary/aromatic N) is 1. The highest BCUT2D eigenvalue weighted by atomic mass is 32.2. The number of hydrogen-bond donors (Lipinski definition) is 0. The number of rotatable bonds is 4. The first-order chi connectivity index (χ1) is 19.9. The van der Waals surface area contributed by atoms with Crippen molar-refractivity contribution in [3.05, 3.63) is 59.4 Å². The van der Waals surface area contributed by atoms with E-state index in [1.165, 1.54) is 4.90 Å². The summed E-state index contributed by atoms with van der Waals surface area (Å²) < 4.78 is 142. The van der Waals surface area contributed by atoms with Gasteiger partial charge in [-0.15, -0.1) is 0 Å². The lowest BCUT2D eigenvalue weighted by atomic mass is 9.48. The van der Waals surface area contributed by atoms with Gasteiger partial charge in [-0.05, 0) is 73.8 Å². The Labute approximate surface area is 242 Å². The first-order valence-electron chi connectivity index (χ1n) is 13.8. The zero-order valence-electron chi connectivity index (χ0n) is 22.7. The van der Waals surface area contributed by atoms with Gasteiger partial charge in [0.2, 0.25) is 5.91 Å². The molecule has 1 saturated heterocycles. The van der Waals surface area contributed by atoms with Crippen molar-refractivity contribution in [1.82, 2.24) is 4.90 Å². The van der Waals surface area contributed by atoms with Gasteiger partial charge in [0, 0.05) is 23.6 Å². The van der Waals surface area contributed by atoms with Gasteiger partial charge in [0.05, 0.1) is 10.9 Å². The number of likely N-dealkylation sites (tertiary alicyclic amines) is 1. The Hall–Kier alpha value is -2.90. The number of hydrogen-bond acceptors (Lipinski definition) is 4. The van der Waals surface area contributed by atoms with Crippen molar-refractivity contribution in [3.63, 3.8) is 0 Å². The second-order valence-corrected chi connectivity index (χ2v) is 14.6. The molecule has 2 aliphatic heterocycles. The first kappa shape index (κ1) is 30.1. The van der Waals surface area contributed by atoms with Crippen LogP contribution >= 0.6 is 0 Å². The van der Waals surface area contributed by atoms with Crippen LogP contribution in [0.1, 0.15) is 50.2 Å². The van der Waals surface area contributed by atoms with E-state index in [1.54, 1.807) is 0 Å². The van der Waals surface area contributed by atoms with Crippen LogP contribution < -0.4 is 4.74 Å². The fraction of sp³-hybridized carbons (Fsp3) is 0.552. The normalized spacial score (nSPS) is 30.6. The van der Waals surface area contributed by atoms with E-state index in [1.807, 2.05) is 0 Å². The second-order valence-electron chi connectivity index (χ2n) is 12.4. The monoisotopic (exact) mass is 637 g/mol. The zero-order chi connectivity index (χ0) is 31.4. The summed E-state index contributed by atoms with van der Waals surface area (Å²) >= 11 is 0. The third-order valence-corrected chi connectivity index (χ3v) is 12.4. The Bertz CT molecular complexity index is 1540. The minimum Gasteiger partial charge on any atom is -0.491 e. The Balaban J connectivity index is 1.44. The second kappa shape index (κ2) is 9.31. The highest BCUT2D eigenvalue weighted by molar-refractivity contribution is 7.92. The molecule has 2 atom stereocenters. The van der Waals surface area contributed by atoms with Gasteiger partial charge in [0.25, 0.3) is 0 Å². The average Bonchev–Trinajstić information content (AvgIpc) is 3.29. The SMILES string of the molecule is CC1CC2(C1)CC(C(=O)N1CCC3(S(=O)(=O)c4ccc(F)cc4)c4ccc(C(F)(C(F)(F)F)C(F)(F)F)cc4OCC13)C2. The third kappa shape index (κ3) is 4.13. The van der Waals surface area contributed by atoms with Crippen LogP contribution in [0, 0.1) is 23.1 Å². The van der Waals surface area contributed by atoms with Crippen molar-refractivity contribution in [3.8, 4) is 5.75 Å². The third-order valence-electron chi connectivity index (χ3n) is 9.81. The molecule has 0 N–H and O–H groups in total. The fourth-order valence-corrected chi connectivity index (χ4v) is 10.2. The van der Waals surface area contributed by atoms with Crippen molar-refractivity contribution in [2.45, 2.75) is 72.7 Å². The van der Waals surface area contributed by atoms with E-state index in [2.05, 4.69) is 6.92 Å². The van der Waals surface area contributed by atoms with Crippen LogP contribution in [-0.2, 0) is 25.0 Å². The number of carbonyl (C=O) groups is 1. The van der Waals surface area contributed by atoms with E-state index < -0.39 is 62.4 Å². The summed E-state index contributed by atoms with van der Waals surface area (Å²) in [6, 6.07) is 3.79. The summed E-state index contributed by atoms with van der Waals surface area (Å²) in [6.45, 7) is 1.47. The molecule has 2 unspecified atom stereocenters. The number of sulfone groups is 1. The van der Waals surface area contributed by atoms with Crippen molar-refractivity contribution in [2.75, 3.05) is 13.2 Å². The number of carbonyl (C=O) groups excluding carboxylic acids is 1. The quantitative estimate of drug-likeness (QED) is 0.280. The van der Waals surface area contributed by atoms with Crippen LogP contribution in [0.2, 0.25) is 0 Å². The highest BCUT2D eigenvalue weighted by Crippen LogP contribution is 2.62. The van der Waals surface area contributed by atoms with Crippen LogP contribution in [0.4, 0.5) is 35.1 Å². The topological polar surface area (TPSA) is 63.7 Å². The van der Waals surface area contributed by atoms with Crippen molar-refractivity contribution in [2.24, 2.45) is 17.3 Å². The zero-order valence-corrected chi connectivity index (χ0v) is 23.6. The number of alkyl halides is 7. The van der Waals surface area contributed by atoms with Gasteiger partial charge in [-0.25, -0.2) is 17.2 Å². The van der Waals surface area contributed by atoms with Gasteiger partial charge in [-0.1, -0.05) is 19.1 Å². The molecule has 2 aliphatic carbocycles. The molecule has 14 heteroatoms. The van der Waals surface area contributed by atoms with Gasteiger partial charge in [0.15, 0.2) is 9.84 Å². The molecule has 0 bridgehead atoms. The van der Waals surface area contributed by atoms with Gasteiger partial charge in [-0.2, -0.15) is 26.3 Å². The lowest BCUT2D eigenvalue weighted by molar-refractivity contribution is -0.348. The lowest BCUT2D eigenvalue weighted by Gasteiger charge is -2.57. The predicted molar refractivity (Wildman–Crippen MR) is 136 cm³/mol. The minimum atomic E-state index is -6.39. The summed E-state index contributed by atoms with van der Waals surface area (Å²) in [6.07, 6.45) is -9.75. The van der Waals surface area contributed by atoms with Gasteiger partial charge in [0.1, 0.15) is 22.9 Å². The molecule has 43 heavy (non-hydrogen) atoms. The molecular formula is C29H27F8NO4S. The van der Waals surface area contributed by atoms with Crippen molar-refractivity contribution >= 4 is 15.7 Å². The van der Waals surface area contributed by atoms with E-state index in [0.29, 0.717) is 24.8 Å². The molecule has 0 aromatic heterocycles. The first-order valence-corrected chi connectivity index (χ1v) is 15.3. The number of fused-ring (bicyclic) bond motifs is 3. The van der Waals surface area contributed by atoms with Crippen molar-refractivity contribution < 1.29 is 53.1 Å². The number of halogens is 8. The van der Waals surface area contributed by atoms with Gasteiger partial charge >= 0.3 is 18.0 Å². The molecule has 4 aliphatic rings. The van der Waals surface area contributed by atoms with Crippen LogP contribution in [0.15, 0.2) is 47.4 Å². The fourth-order valence-electron chi connectivity index (χ4n) is 7.95. The Morgan fingerprint density at radius 3 is 2.09 bits per heavy atom. The standard InChI is InChI=1S/C29H27F8NO4S/c1-16-11-25(12-16)13-17(14-25)24(39)38-9-8-26(43(40,41)20-5-3-19(30)4-6-20)21-7-2-18(10-22(21)42-15-23(26)38)27(31,28(32,33)34)29(35,36)37/h2-7,10,16-17,23H,8-9,11-15H2,1H3. The molecule has 3 fully saturated rings. The number of ether oxygens (including phenoxy) is 1. The maximum absolute atomic E-state index is 14.9. The van der Waals surface area contributed by atoms with Crippen LogP contribution in [-0.4, -0.2) is 50.8 Å². The summed E-state index contributed by atoms with van der Waals surface area (Å²) in [5, 5.41) is 0. The average molecular weight is 638 g/mol. The smallest absolute Gasteiger partial charge is 0.435 e. The molecule has 2 saturated carbocycles. The van der Waals surface area contributed by atoms with E-state index in [0.717, 1.165) is 37.1 Å². The molecule has 0 radical (unpaired) electrons. The number of amides is 1.